The van der Waals surface area contributed by atoms with Crippen molar-refractivity contribution in [3.8, 4) is 0 Å². The summed E-state index contributed by atoms with van der Waals surface area (Å²) in [5.74, 6) is -0.534. The van der Waals surface area contributed by atoms with E-state index in [-0.39, 0.29) is 17.1 Å². The van der Waals surface area contributed by atoms with E-state index in [0.717, 1.165) is 0 Å². The summed E-state index contributed by atoms with van der Waals surface area (Å²) >= 11 is 0. The molecule has 0 radical (unpaired) electrons. The molecule has 0 unspecified atom stereocenters. The molecule has 0 saturated carbocycles. The normalized spacial score (nSPS) is 15.2. The van der Waals surface area contributed by atoms with E-state index in [1.807, 2.05) is 25.7 Å². The van der Waals surface area contributed by atoms with Gasteiger partial charge in [0.1, 0.15) is 11.2 Å². The Hall–Kier alpha value is -2.26. The lowest BCUT2D eigenvalue weighted by Gasteiger charge is -2.37. The van der Waals surface area contributed by atoms with Gasteiger partial charge in [0.05, 0.1) is 5.56 Å². The van der Waals surface area contributed by atoms with Crippen LogP contribution < -0.4 is 10.4 Å². The van der Waals surface area contributed by atoms with E-state index in [1.165, 1.54) is 6.07 Å². The summed E-state index contributed by atoms with van der Waals surface area (Å²) in [4.78, 5) is 28.3. The molecule has 1 aliphatic heterocycles. The summed E-state index contributed by atoms with van der Waals surface area (Å²) in [5, 5.41) is 19.2. The second kappa shape index (κ2) is 8.63. The zero-order valence-electron chi connectivity index (χ0n) is 18.1. The molecular weight excluding hydrogens is 375 g/mol. The minimum Gasteiger partial charge on any atom is -0.456 e. The highest BCUT2D eigenvalue weighted by molar-refractivity contribution is 6.58. The number of hydrogen-bond donors (Lipinski definition) is 2. The quantitative estimate of drug-likeness (QED) is 0.578. The van der Waals surface area contributed by atoms with Gasteiger partial charge in [-0.05, 0) is 65.2 Å². The van der Waals surface area contributed by atoms with Crippen LogP contribution in [0, 0.1) is 0 Å². The Morgan fingerprint density at radius 1 is 0.897 bits per heavy atom. The average Bonchev–Trinajstić information content (AvgIpc) is 2.58. The number of carbonyl (C=O) groups excluding carboxylic acids is 2. The third-order valence-corrected chi connectivity index (χ3v) is 4.17. The second-order valence-electron chi connectivity index (χ2n) is 9.14. The van der Waals surface area contributed by atoms with Gasteiger partial charge in [-0.15, -0.1) is 0 Å². The number of piperazine rings is 1. The van der Waals surface area contributed by atoms with E-state index in [4.69, 9.17) is 9.47 Å². The summed E-state index contributed by atoms with van der Waals surface area (Å²) in [7, 11) is -1.71. The van der Waals surface area contributed by atoms with Crippen molar-refractivity contribution in [2.24, 2.45) is 0 Å². The molecule has 0 bridgehead atoms. The summed E-state index contributed by atoms with van der Waals surface area (Å²) in [6.07, 6.45) is -0.355. The van der Waals surface area contributed by atoms with Crippen molar-refractivity contribution >= 4 is 30.3 Å². The molecule has 8 nitrogen and oxygen atoms in total. The molecule has 29 heavy (non-hydrogen) atoms. The van der Waals surface area contributed by atoms with Crippen LogP contribution in [0.1, 0.15) is 51.9 Å². The largest absolute Gasteiger partial charge is 0.488 e. The minimum absolute atomic E-state index is 0.206. The zero-order valence-corrected chi connectivity index (χ0v) is 18.1. The lowest BCUT2D eigenvalue weighted by atomic mass is 9.79. The number of anilines is 1. The molecule has 1 amide bonds. The van der Waals surface area contributed by atoms with Crippen molar-refractivity contribution in [2.45, 2.75) is 52.7 Å². The Labute approximate surface area is 172 Å². The lowest BCUT2D eigenvalue weighted by molar-refractivity contribution is 0.00691. The standard InChI is InChI=1S/C20H31BN2O6/c1-19(2,3)28-17(24)14-11-15(21(26)27)13-16(12-14)22-7-9-23(10-8-22)18(25)29-20(4,5)6/h11-13,26-27H,7-10H2,1-6H3. The van der Waals surface area contributed by atoms with E-state index in [1.54, 1.807) is 37.8 Å². The van der Waals surface area contributed by atoms with Crippen LogP contribution >= 0.6 is 0 Å². The molecule has 0 aliphatic carbocycles. The SMILES string of the molecule is CC(C)(C)OC(=O)c1cc(B(O)O)cc(N2CCN(C(=O)OC(C)(C)C)CC2)c1. The van der Waals surface area contributed by atoms with E-state index < -0.39 is 24.3 Å². The van der Waals surface area contributed by atoms with Crippen LogP contribution in [-0.2, 0) is 9.47 Å². The lowest BCUT2D eigenvalue weighted by Crippen LogP contribution is -2.50. The molecule has 1 heterocycles. The Balaban J connectivity index is 2.16. The van der Waals surface area contributed by atoms with Gasteiger partial charge >= 0.3 is 19.2 Å². The Kier molecular flexibility index (Phi) is 6.85. The molecule has 0 atom stereocenters. The molecule has 9 heteroatoms. The molecule has 1 aromatic carbocycles. The molecular formula is C20H31BN2O6. The summed E-state index contributed by atoms with van der Waals surface area (Å²) in [5.41, 5.74) is -0.0972. The van der Waals surface area contributed by atoms with Crippen molar-refractivity contribution < 1.29 is 29.1 Å². The molecule has 160 valence electrons. The fraction of sp³-hybridized carbons (Fsp3) is 0.600. The van der Waals surface area contributed by atoms with Crippen LogP contribution in [-0.4, -0.2) is 71.5 Å². The average molecular weight is 406 g/mol. The molecule has 1 aliphatic rings. The van der Waals surface area contributed by atoms with Gasteiger partial charge < -0.3 is 29.3 Å². The predicted molar refractivity (Wildman–Crippen MR) is 111 cm³/mol. The molecule has 1 fully saturated rings. The number of carbonyl (C=O) groups is 2. The van der Waals surface area contributed by atoms with Crippen LogP contribution in [0.4, 0.5) is 10.5 Å². The third kappa shape index (κ3) is 6.94. The van der Waals surface area contributed by atoms with E-state index in [2.05, 4.69) is 0 Å². The van der Waals surface area contributed by atoms with Crippen LogP contribution in [0.5, 0.6) is 0 Å². The van der Waals surface area contributed by atoms with Gasteiger partial charge in [-0.25, -0.2) is 9.59 Å². The number of amides is 1. The molecule has 0 spiro atoms. The smallest absolute Gasteiger partial charge is 0.456 e. The maximum Gasteiger partial charge on any atom is 0.488 e. The summed E-state index contributed by atoms with van der Waals surface area (Å²) in [6.45, 7) is 12.8. The topological polar surface area (TPSA) is 99.5 Å². The maximum absolute atomic E-state index is 12.5. The van der Waals surface area contributed by atoms with Crippen molar-refractivity contribution in [3.63, 3.8) is 0 Å². The van der Waals surface area contributed by atoms with Gasteiger partial charge in [-0.1, -0.05) is 0 Å². The van der Waals surface area contributed by atoms with Gasteiger partial charge in [0.15, 0.2) is 0 Å². The first-order valence-electron chi connectivity index (χ1n) is 9.72. The van der Waals surface area contributed by atoms with Gasteiger partial charge in [0, 0.05) is 31.9 Å². The van der Waals surface area contributed by atoms with Crippen LogP contribution in [0.2, 0.25) is 0 Å². The predicted octanol–water partition coefficient (Wildman–Crippen LogP) is 1.38. The highest BCUT2D eigenvalue weighted by Crippen LogP contribution is 2.21. The zero-order chi connectivity index (χ0) is 22.0. The van der Waals surface area contributed by atoms with Crippen LogP contribution in [0.3, 0.4) is 0 Å². The van der Waals surface area contributed by atoms with E-state index >= 15 is 0 Å². The van der Waals surface area contributed by atoms with Gasteiger partial charge in [0.25, 0.3) is 0 Å². The Morgan fingerprint density at radius 3 is 1.93 bits per heavy atom. The van der Waals surface area contributed by atoms with Gasteiger partial charge in [-0.3, -0.25) is 0 Å². The van der Waals surface area contributed by atoms with E-state index in [0.29, 0.717) is 31.9 Å². The fourth-order valence-electron chi connectivity index (χ4n) is 2.89. The number of esters is 1. The summed E-state index contributed by atoms with van der Waals surface area (Å²) in [6, 6.07) is 4.71. The minimum atomic E-state index is -1.71. The number of ether oxygens (including phenoxy) is 2. The Morgan fingerprint density at radius 2 is 1.45 bits per heavy atom. The first-order chi connectivity index (χ1) is 13.2. The van der Waals surface area contributed by atoms with E-state index in [9.17, 15) is 19.6 Å². The van der Waals surface area contributed by atoms with Crippen molar-refractivity contribution in [1.82, 2.24) is 4.90 Å². The third-order valence-electron chi connectivity index (χ3n) is 4.17. The Bertz CT molecular complexity index is 746. The highest BCUT2D eigenvalue weighted by atomic mass is 16.6. The first-order valence-corrected chi connectivity index (χ1v) is 9.72. The monoisotopic (exact) mass is 406 g/mol. The number of hydrogen-bond acceptors (Lipinski definition) is 7. The van der Waals surface area contributed by atoms with Crippen LogP contribution in [0.25, 0.3) is 0 Å². The van der Waals surface area contributed by atoms with Crippen molar-refractivity contribution in [1.29, 1.82) is 0 Å². The molecule has 1 saturated heterocycles. The summed E-state index contributed by atoms with van der Waals surface area (Å²) < 4.78 is 10.8. The number of benzene rings is 1. The highest BCUT2D eigenvalue weighted by Gasteiger charge is 2.27. The van der Waals surface area contributed by atoms with Gasteiger partial charge in [-0.2, -0.15) is 0 Å². The maximum atomic E-state index is 12.5. The molecule has 1 aromatic rings. The second-order valence-corrected chi connectivity index (χ2v) is 9.14. The molecule has 2 rings (SSSR count). The number of nitrogens with zero attached hydrogens (tertiary/aromatic N) is 2. The fourth-order valence-corrected chi connectivity index (χ4v) is 2.89. The van der Waals surface area contributed by atoms with Gasteiger partial charge in [0.2, 0.25) is 0 Å². The first kappa shape index (κ1) is 23.0. The molecule has 0 aromatic heterocycles. The van der Waals surface area contributed by atoms with Crippen molar-refractivity contribution in [3.05, 3.63) is 23.8 Å². The number of rotatable bonds is 3. The van der Waals surface area contributed by atoms with Crippen LogP contribution in [0.15, 0.2) is 18.2 Å². The van der Waals surface area contributed by atoms with Crippen molar-refractivity contribution in [2.75, 3.05) is 31.1 Å². The molecule has 2 N–H and O–H groups in total.